The lowest BCUT2D eigenvalue weighted by molar-refractivity contribution is 0.267. The van der Waals surface area contributed by atoms with E-state index in [1.807, 2.05) is 12.1 Å². The van der Waals surface area contributed by atoms with E-state index in [0.29, 0.717) is 6.04 Å². The van der Waals surface area contributed by atoms with Gasteiger partial charge in [0, 0.05) is 30.1 Å². The second-order valence-corrected chi connectivity index (χ2v) is 7.00. The highest BCUT2D eigenvalue weighted by Gasteiger charge is 2.09. The number of nitrogens with zero attached hydrogens (tertiary/aromatic N) is 2. The van der Waals surface area contributed by atoms with Gasteiger partial charge in [-0.1, -0.05) is 30.6 Å². The van der Waals surface area contributed by atoms with Gasteiger partial charge in [0.15, 0.2) is 5.76 Å². The van der Waals surface area contributed by atoms with E-state index in [4.69, 9.17) is 16.1 Å². The summed E-state index contributed by atoms with van der Waals surface area (Å²) < 4.78 is 6.18. The molecule has 0 saturated carbocycles. The van der Waals surface area contributed by atoms with Crippen molar-refractivity contribution in [2.45, 2.75) is 39.5 Å². The molecule has 0 bridgehead atoms. The van der Waals surface area contributed by atoms with Crippen LogP contribution in [0.5, 0.6) is 0 Å². The predicted molar refractivity (Wildman–Crippen MR) is 83.0 cm³/mol. The lowest BCUT2D eigenvalue weighted by atomic mass is 10.3. The summed E-state index contributed by atoms with van der Waals surface area (Å²) in [6, 6.07) is 6.44. The minimum absolute atomic E-state index is 0.446. The first-order valence-corrected chi connectivity index (χ1v) is 7.83. The van der Waals surface area contributed by atoms with Gasteiger partial charge in [0.05, 0.1) is 16.6 Å². The van der Waals surface area contributed by atoms with Gasteiger partial charge >= 0.3 is 0 Å². The Bertz CT molecular complexity index is 538. The molecule has 2 rings (SSSR count). The zero-order valence-corrected chi connectivity index (χ0v) is 13.6. The van der Waals surface area contributed by atoms with E-state index in [-0.39, 0.29) is 0 Å². The van der Waals surface area contributed by atoms with E-state index in [9.17, 15) is 0 Å². The molecule has 0 atom stereocenters. The van der Waals surface area contributed by atoms with Crippen molar-refractivity contribution in [2.75, 3.05) is 7.05 Å². The molecule has 2 heterocycles. The smallest absolute Gasteiger partial charge is 0.151 e. The van der Waals surface area contributed by atoms with Gasteiger partial charge < -0.3 is 9.84 Å². The van der Waals surface area contributed by atoms with Gasteiger partial charge in [0.2, 0.25) is 0 Å². The normalized spacial score (nSPS) is 11.7. The lowest BCUT2D eigenvalue weighted by Gasteiger charge is -2.12. The second kappa shape index (κ2) is 7.22. The van der Waals surface area contributed by atoms with Gasteiger partial charge in [-0.15, -0.1) is 11.3 Å². The first kappa shape index (κ1) is 15.5. The summed E-state index contributed by atoms with van der Waals surface area (Å²) in [5.74, 6) is 0.885. The maximum absolute atomic E-state index is 5.93. The van der Waals surface area contributed by atoms with E-state index in [0.717, 1.165) is 35.4 Å². The van der Waals surface area contributed by atoms with Crippen molar-refractivity contribution >= 4 is 22.9 Å². The van der Waals surface area contributed by atoms with Gasteiger partial charge in [-0.05, 0) is 19.2 Å². The van der Waals surface area contributed by atoms with Crippen LogP contribution in [-0.2, 0) is 19.6 Å². The standard InChI is InChI=1S/C14H20ClN3OS/c1-10(2)16-7-11-6-12(19-17-11)8-18(3)9-13-4-5-14(15)20-13/h4-6,10,16H,7-9H2,1-3H3. The summed E-state index contributed by atoms with van der Waals surface area (Å²) in [7, 11) is 2.06. The highest BCUT2D eigenvalue weighted by Crippen LogP contribution is 2.22. The summed E-state index contributed by atoms with van der Waals surface area (Å²) in [5.41, 5.74) is 0.946. The molecule has 1 N–H and O–H groups in total. The number of thiophene rings is 1. The van der Waals surface area contributed by atoms with Crippen LogP contribution in [-0.4, -0.2) is 23.1 Å². The van der Waals surface area contributed by atoms with Crippen molar-refractivity contribution in [3.05, 3.63) is 38.9 Å². The fourth-order valence-electron chi connectivity index (χ4n) is 1.85. The molecule has 0 radical (unpaired) electrons. The minimum atomic E-state index is 0.446. The molecule has 0 aliphatic carbocycles. The summed E-state index contributed by atoms with van der Waals surface area (Å²) in [6.07, 6.45) is 0. The summed E-state index contributed by atoms with van der Waals surface area (Å²) in [4.78, 5) is 3.43. The largest absolute Gasteiger partial charge is 0.360 e. The third-order valence-electron chi connectivity index (χ3n) is 2.78. The van der Waals surface area contributed by atoms with Crippen LogP contribution in [0.3, 0.4) is 0 Å². The molecule has 110 valence electrons. The zero-order chi connectivity index (χ0) is 14.5. The number of hydrogen-bond donors (Lipinski definition) is 1. The van der Waals surface area contributed by atoms with Gasteiger partial charge in [-0.25, -0.2) is 0 Å². The highest BCUT2D eigenvalue weighted by atomic mass is 35.5. The molecule has 0 spiro atoms. The monoisotopic (exact) mass is 313 g/mol. The van der Waals surface area contributed by atoms with E-state index < -0.39 is 0 Å². The van der Waals surface area contributed by atoms with Crippen LogP contribution in [0.1, 0.15) is 30.2 Å². The fraction of sp³-hybridized carbons (Fsp3) is 0.500. The average Bonchev–Trinajstić information content (AvgIpc) is 2.96. The summed E-state index contributed by atoms with van der Waals surface area (Å²) in [6.45, 7) is 6.56. The molecule has 0 unspecified atom stereocenters. The Labute approximate surface area is 128 Å². The predicted octanol–water partition coefficient (Wildman–Crippen LogP) is 3.52. The Morgan fingerprint density at radius 1 is 1.40 bits per heavy atom. The number of aromatic nitrogens is 1. The van der Waals surface area contributed by atoms with E-state index in [1.54, 1.807) is 11.3 Å². The van der Waals surface area contributed by atoms with Crippen molar-refractivity contribution in [1.82, 2.24) is 15.4 Å². The van der Waals surface area contributed by atoms with Crippen LogP contribution in [0.2, 0.25) is 4.34 Å². The molecular formula is C14H20ClN3OS. The Kier molecular flexibility index (Phi) is 5.60. The average molecular weight is 314 g/mol. The fourth-order valence-corrected chi connectivity index (χ4v) is 3.01. The highest BCUT2D eigenvalue weighted by molar-refractivity contribution is 7.16. The van der Waals surface area contributed by atoms with E-state index in [2.05, 4.69) is 42.3 Å². The molecule has 2 aromatic rings. The molecule has 4 nitrogen and oxygen atoms in total. The van der Waals surface area contributed by atoms with Crippen LogP contribution < -0.4 is 5.32 Å². The maximum Gasteiger partial charge on any atom is 0.151 e. The zero-order valence-electron chi connectivity index (χ0n) is 12.0. The van der Waals surface area contributed by atoms with Gasteiger partial charge in [-0.3, -0.25) is 4.90 Å². The quantitative estimate of drug-likeness (QED) is 0.849. The van der Waals surface area contributed by atoms with E-state index in [1.165, 1.54) is 4.88 Å². The number of halogens is 1. The van der Waals surface area contributed by atoms with Crippen molar-refractivity contribution in [2.24, 2.45) is 0 Å². The van der Waals surface area contributed by atoms with E-state index >= 15 is 0 Å². The first-order chi connectivity index (χ1) is 9.52. The van der Waals surface area contributed by atoms with Crippen LogP contribution in [0.15, 0.2) is 22.7 Å². The van der Waals surface area contributed by atoms with Crippen LogP contribution in [0.25, 0.3) is 0 Å². The van der Waals surface area contributed by atoms with Crippen molar-refractivity contribution in [3.63, 3.8) is 0 Å². The summed E-state index contributed by atoms with van der Waals surface area (Å²) >= 11 is 7.54. The molecule has 0 saturated heterocycles. The van der Waals surface area contributed by atoms with Crippen LogP contribution in [0.4, 0.5) is 0 Å². The number of rotatable bonds is 7. The van der Waals surface area contributed by atoms with Gasteiger partial charge in [0.25, 0.3) is 0 Å². The Balaban J connectivity index is 1.83. The second-order valence-electron chi connectivity index (χ2n) is 5.20. The molecule has 6 heteroatoms. The van der Waals surface area contributed by atoms with Crippen molar-refractivity contribution in [3.8, 4) is 0 Å². The Hall–Kier alpha value is -0.880. The topological polar surface area (TPSA) is 41.3 Å². The Morgan fingerprint density at radius 2 is 2.20 bits per heavy atom. The molecule has 20 heavy (non-hydrogen) atoms. The van der Waals surface area contributed by atoms with Crippen LogP contribution >= 0.6 is 22.9 Å². The van der Waals surface area contributed by atoms with Gasteiger partial charge in [0.1, 0.15) is 0 Å². The van der Waals surface area contributed by atoms with Crippen LogP contribution in [0, 0.1) is 0 Å². The number of nitrogens with one attached hydrogen (secondary N) is 1. The molecular weight excluding hydrogens is 294 g/mol. The Morgan fingerprint density at radius 3 is 2.85 bits per heavy atom. The van der Waals surface area contributed by atoms with Crippen molar-refractivity contribution in [1.29, 1.82) is 0 Å². The third kappa shape index (κ3) is 4.90. The molecule has 0 fully saturated rings. The molecule has 0 aromatic carbocycles. The number of hydrogen-bond acceptors (Lipinski definition) is 5. The molecule has 0 aliphatic rings. The van der Waals surface area contributed by atoms with Crippen molar-refractivity contribution < 1.29 is 4.52 Å². The SMILES string of the molecule is CC(C)NCc1cc(CN(C)Cc2ccc(Cl)s2)on1. The third-order valence-corrected chi connectivity index (χ3v) is 4.00. The maximum atomic E-state index is 5.93. The van der Waals surface area contributed by atoms with Gasteiger partial charge in [-0.2, -0.15) is 0 Å². The molecule has 2 aromatic heterocycles. The molecule has 0 amide bonds. The molecule has 0 aliphatic heterocycles. The first-order valence-electron chi connectivity index (χ1n) is 6.63. The minimum Gasteiger partial charge on any atom is -0.360 e. The summed E-state index contributed by atoms with van der Waals surface area (Å²) in [5, 5.41) is 7.39. The lowest BCUT2D eigenvalue weighted by Crippen LogP contribution is -2.21.